The van der Waals surface area contributed by atoms with Crippen LogP contribution in [-0.2, 0) is 24.4 Å². The third-order valence-electron chi connectivity index (χ3n) is 5.27. The van der Waals surface area contributed by atoms with Gasteiger partial charge in [-0.15, -0.1) is 0 Å². The molecule has 0 bridgehead atoms. The van der Waals surface area contributed by atoms with Gasteiger partial charge in [-0.3, -0.25) is 0 Å². The van der Waals surface area contributed by atoms with Gasteiger partial charge in [-0.1, -0.05) is 26.0 Å². The summed E-state index contributed by atoms with van der Waals surface area (Å²) in [5, 5.41) is 20.6. The first kappa shape index (κ1) is 25.2. The normalized spacial score (nSPS) is 10.8. The van der Waals surface area contributed by atoms with Crippen LogP contribution in [0.1, 0.15) is 66.4 Å². The fourth-order valence-electron chi connectivity index (χ4n) is 3.62. The van der Waals surface area contributed by atoms with E-state index < -0.39 is 51.9 Å². The van der Waals surface area contributed by atoms with E-state index in [4.69, 9.17) is 18.9 Å². The highest BCUT2D eigenvalue weighted by Crippen LogP contribution is 2.41. The number of carbonyl (C=O) groups is 4. The van der Waals surface area contributed by atoms with E-state index in [1.807, 2.05) is 0 Å². The maximum atomic E-state index is 12.7. The molecule has 0 saturated carbocycles. The van der Waals surface area contributed by atoms with E-state index in [1.165, 1.54) is 24.3 Å². The molecule has 2 rings (SSSR count). The first-order valence-electron chi connectivity index (χ1n) is 9.53. The van der Waals surface area contributed by atoms with Crippen LogP contribution >= 0.6 is 0 Å². The van der Waals surface area contributed by atoms with Crippen molar-refractivity contribution in [3.8, 4) is 11.5 Å². The summed E-state index contributed by atoms with van der Waals surface area (Å²) in [5.41, 5.74) is -2.39. The lowest BCUT2D eigenvalue weighted by molar-refractivity contribution is 0.0547. The fraction of sp³-hybridized carbons (Fsp3) is 0.304. The summed E-state index contributed by atoms with van der Waals surface area (Å²) in [7, 11) is 4.36. The molecular weight excluding hydrogens is 436 g/mol. The number of phenolic OH excluding ortho intramolecular Hbond substituents is 2. The van der Waals surface area contributed by atoms with Crippen molar-refractivity contribution in [2.75, 3.05) is 28.4 Å². The molecule has 0 aliphatic rings. The summed E-state index contributed by atoms with van der Waals surface area (Å²) in [6.07, 6.45) is 0. The lowest BCUT2D eigenvalue weighted by Crippen LogP contribution is -2.29. The van der Waals surface area contributed by atoms with Crippen LogP contribution in [0.5, 0.6) is 11.5 Å². The zero-order valence-electron chi connectivity index (χ0n) is 19.0. The topological polar surface area (TPSA) is 146 Å². The zero-order chi connectivity index (χ0) is 25.1. The second-order valence-electron chi connectivity index (χ2n) is 7.36. The van der Waals surface area contributed by atoms with Crippen LogP contribution < -0.4 is 0 Å². The third-order valence-corrected chi connectivity index (χ3v) is 5.27. The zero-order valence-corrected chi connectivity index (χ0v) is 19.0. The van der Waals surface area contributed by atoms with Gasteiger partial charge in [0.2, 0.25) is 0 Å². The van der Waals surface area contributed by atoms with Crippen molar-refractivity contribution in [3.63, 3.8) is 0 Å². The Hall–Kier alpha value is -4.08. The first-order valence-corrected chi connectivity index (χ1v) is 9.53. The van der Waals surface area contributed by atoms with Crippen LogP contribution in [0.15, 0.2) is 24.3 Å². The minimum atomic E-state index is -1.28. The van der Waals surface area contributed by atoms with Crippen molar-refractivity contribution in [1.82, 2.24) is 0 Å². The second-order valence-corrected chi connectivity index (χ2v) is 7.36. The first-order chi connectivity index (χ1) is 15.5. The van der Waals surface area contributed by atoms with Gasteiger partial charge < -0.3 is 29.2 Å². The van der Waals surface area contributed by atoms with Gasteiger partial charge in [-0.05, 0) is 23.3 Å². The lowest BCUT2D eigenvalue weighted by Gasteiger charge is -2.31. The number of ether oxygens (including phenoxy) is 4. The van der Waals surface area contributed by atoms with Gasteiger partial charge in [-0.2, -0.15) is 0 Å². The summed E-state index contributed by atoms with van der Waals surface area (Å²) in [4.78, 5) is 50.2. The Labute approximate surface area is 189 Å². The average molecular weight is 460 g/mol. The summed E-state index contributed by atoms with van der Waals surface area (Å²) >= 11 is 0. The number of hydrogen-bond acceptors (Lipinski definition) is 10. The van der Waals surface area contributed by atoms with E-state index in [-0.39, 0.29) is 22.3 Å². The number of rotatable bonds is 6. The molecule has 10 heteroatoms. The molecule has 0 amide bonds. The number of aromatic hydroxyl groups is 2. The maximum Gasteiger partial charge on any atom is 0.342 e. The van der Waals surface area contributed by atoms with E-state index in [0.29, 0.717) is 0 Å². The summed E-state index contributed by atoms with van der Waals surface area (Å²) in [5.74, 6) is -4.90. The molecule has 2 aromatic carbocycles. The second kappa shape index (κ2) is 9.60. The molecule has 2 aromatic rings. The average Bonchev–Trinajstić information content (AvgIpc) is 2.80. The Morgan fingerprint density at radius 2 is 0.848 bits per heavy atom. The minimum Gasteiger partial charge on any atom is -0.507 e. The molecule has 0 heterocycles. The quantitative estimate of drug-likeness (QED) is 0.487. The van der Waals surface area contributed by atoms with Crippen LogP contribution in [0.25, 0.3) is 0 Å². The van der Waals surface area contributed by atoms with Crippen LogP contribution in [0.4, 0.5) is 0 Å². The molecule has 0 aliphatic heterocycles. The Kier molecular flexibility index (Phi) is 7.32. The van der Waals surface area contributed by atoms with Gasteiger partial charge in [0.15, 0.2) is 0 Å². The van der Waals surface area contributed by atoms with E-state index in [1.54, 1.807) is 13.8 Å². The van der Waals surface area contributed by atoms with Gasteiger partial charge in [0.25, 0.3) is 0 Å². The van der Waals surface area contributed by atoms with E-state index in [2.05, 4.69) is 0 Å². The Bertz CT molecular complexity index is 1040. The van der Waals surface area contributed by atoms with E-state index in [0.717, 1.165) is 28.4 Å². The standard InChI is InChI=1S/C23H24O10/c1-23(2,11-7-9-13(24)17(21(28)32-5)15(11)19(26)30-3)12-8-10-14(25)18(22(29)33-6)16(12)20(27)31-4/h7-10,24-25H,1-6H3. The highest BCUT2D eigenvalue weighted by Gasteiger charge is 2.38. The Morgan fingerprint density at radius 3 is 1.12 bits per heavy atom. The van der Waals surface area contributed by atoms with Gasteiger partial charge in [0.05, 0.1) is 39.6 Å². The van der Waals surface area contributed by atoms with Gasteiger partial charge in [0.1, 0.15) is 22.6 Å². The van der Waals surface area contributed by atoms with Gasteiger partial charge in [-0.25, -0.2) is 19.2 Å². The van der Waals surface area contributed by atoms with Gasteiger partial charge in [0, 0.05) is 5.41 Å². The highest BCUT2D eigenvalue weighted by molar-refractivity contribution is 6.08. The number of phenols is 2. The van der Waals surface area contributed by atoms with E-state index >= 15 is 0 Å². The third kappa shape index (κ3) is 4.32. The van der Waals surface area contributed by atoms with Crippen LogP contribution in [0.3, 0.4) is 0 Å². The Morgan fingerprint density at radius 1 is 0.576 bits per heavy atom. The number of methoxy groups -OCH3 is 4. The van der Waals surface area contributed by atoms with Gasteiger partial charge >= 0.3 is 23.9 Å². The molecule has 176 valence electrons. The van der Waals surface area contributed by atoms with Crippen LogP contribution in [0.2, 0.25) is 0 Å². The van der Waals surface area contributed by atoms with Crippen molar-refractivity contribution in [3.05, 3.63) is 57.6 Å². The molecule has 33 heavy (non-hydrogen) atoms. The Balaban J connectivity index is 3.02. The highest BCUT2D eigenvalue weighted by atomic mass is 16.5. The molecule has 0 unspecified atom stereocenters. The maximum absolute atomic E-state index is 12.7. The predicted molar refractivity (Wildman–Crippen MR) is 114 cm³/mol. The van der Waals surface area contributed by atoms with Crippen molar-refractivity contribution >= 4 is 23.9 Å². The molecule has 0 spiro atoms. The fourth-order valence-corrected chi connectivity index (χ4v) is 3.62. The smallest absolute Gasteiger partial charge is 0.342 e. The molecule has 10 nitrogen and oxygen atoms in total. The van der Waals surface area contributed by atoms with Crippen LogP contribution in [0, 0.1) is 0 Å². The van der Waals surface area contributed by atoms with Crippen molar-refractivity contribution in [2.24, 2.45) is 0 Å². The SMILES string of the molecule is COC(=O)c1c(O)ccc(C(C)(C)c2ccc(O)c(C(=O)OC)c2C(=O)OC)c1C(=O)OC. The lowest BCUT2D eigenvalue weighted by atomic mass is 9.72. The summed E-state index contributed by atoms with van der Waals surface area (Å²) < 4.78 is 19.1. The molecule has 0 radical (unpaired) electrons. The minimum absolute atomic E-state index is 0.166. The molecule has 0 saturated heterocycles. The number of esters is 4. The number of benzene rings is 2. The molecule has 0 aliphatic carbocycles. The molecular formula is C23H24O10. The molecule has 0 aromatic heterocycles. The number of hydrogen-bond donors (Lipinski definition) is 2. The van der Waals surface area contributed by atoms with Crippen LogP contribution in [-0.4, -0.2) is 62.5 Å². The number of carbonyl (C=O) groups excluding carboxylic acids is 4. The van der Waals surface area contributed by atoms with Crippen molar-refractivity contribution in [1.29, 1.82) is 0 Å². The monoisotopic (exact) mass is 460 g/mol. The summed E-state index contributed by atoms with van der Waals surface area (Å²) in [6.45, 7) is 3.21. The van der Waals surface area contributed by atoms with Crippen molar-refractivity contribution < 1.29 is 48.3 Å². The molecule has 2 N–H and O–H groups in total. The molecule has 0 fully saturated rings. The molecule has 0 atom stereocenters. The largest absolute Gasteiger partial charge is 0.507 e. The van der Waals surface area contributed by atoms with E-state index in [9.17, 15) is 29.4 Å². The van der Waals surface area contributed by atoms with Crippen molar-refractivity contribution in [2.45, 2.75) is 19.3 Å². The summed E-state index contributed by atoms with van der Waals surface area (Å²) in [6, 6.07) is 5.13. The predicted octanol–water partition coefficient (Wildman–Crippen LogP) is 2.57.